The Kier molecular flexibility index (Phi) is 7.61. The molecule has 3 nitrogen and oxygen atoms in total. The fourth-order valence-electron chi connectivity index (χ4n) is 2.42. The molecule has 0 heterocycles. The summed E-state index contributed by atoms with van der Waals surface area (Å²) < 4.78 is 26.2. The topological polar surface area (TPSA) is 38.7 Å². The Morgan fingerprint density at radius 2 is 1.81 bits per heavy atom. The van der Waals surface area contributed by atoms with Gasteiger partial charge >= 0.3 is 131 Å². The van der Waals surface area contributed by atoms with E-state index in [9.17, 15) is 8.61 Å². The molecule has 0 amide bonds. The maximum absolute atomic E-state index is 14.3. The molecule has 1 aliphatic carbocycles. The average Bonchev–Trinajstić information content (AvgIpc) is 2.89. The Balaban J connectivity index is 2.68. The summed E-state index contributed by atoms with van der Waals surface area (Å²) in [6, 6.07) is 0. The monoisotopic (exact) mass is 362 g/mol. The van der Waals surface area contributed by atoms with E-state index >= 15 is 0 Å². The molecule has 0 spiro atoms. The molecule has 5 heteroatoms. The van der Waals surface area contributed by atoms with Crippen LogP contribution in [0.1, 0.15) is 46.0 Å². The third kappa shape index (κ3) is 6.22. The number of hydrogen-bond acceptors (Lipinski definition) is 3. The van der Waals surface area contributed by atoms with Gasteiger partial charge in [-0.2, -0.15) is 0 Å². The first-order chi connectivity index (χ1) is 9.82. The molecule has 0 radical (unpaired) electrons. The quantitative estimate of drug-likeness (QED) is 0.468. The third-order valence-corrected chi connectivity index (χ3v) is 7.26. The van der Waals surface area contributed by atoms with Gasteiger partial charge < -0.3 is 0 Å². The summed E-state index contributed by atoms with van der Waals surface area (Å²) in [4.78, 5) is 0. The molecule has 0 aromatic heterocycles. The number of rotatable bonds is 10. The summed E-state index contributed by atoms with van der Waals surface area (Å²) in [6.07, 6.45) is 7.33. The van der Waals surface area contributed by atoms with Crippen LogP contribution < -0.4 is 0 Å². The van der Waals surface area contributed by atoms with Gasteiger partial charge in [-0.15, -0.1) is 0 Å². The molecule has 1 N–H and O–H groups in total. The summed E-state index contributed by atoms with van der Waals surface area (Å²) in [5.74, 6) is 1.96. The Labute approximate surface area is 131 Å². The van der Waals surface area contributed by atoms with Crippen molar-refractivity contribution < 1.29 is 18.1 Å². The van der Waals surface area contributed by atoms with Gasteiger partial charge in [0.2, 0.25) is 0 Å². The second-order valence-corrected chi connectivity index (χ2v) is 13.3. The van der Waals surface area contributed by atoms with Crippen molar-refractivity contribution >= 4 is 13.7 Å². The van der Waals surface area contributed by atoms with Gasteiger partial charge in [0.25, 0.3) is 0 Å². The summed E-state index contributed by atoms with van der Waals surface area (Å²) in [6.45, 7) is 4.88. The van der Waals surface area contributed by atoms with E-state index < -0.39 is 19.7 Å². The fourth-order valence-corrected chi connectivity index (χ4v) is 5.74. The van der Waals surface area contributed by atoms with Crippen LogP contribution in [-0.4, -0.2) is 38.0 Å². The van der Waals surface area contributed by atoms with Gasteiger partial charge in [-0.1, -0.05) is 0 Å². The van der Waals surface area contributed by atoms with Crippen molar-refractivity contribution in [2.45, 2.75) is 63.4 Å². The molecule has 0 aromatic carbocycles. The van der Waals surface area contributed by atoms with Gasteiger partial charge in [0.15, 0.2) is 0 Å². The molecular weight excluding hydrogens is 332 g/mol. The first-order valence-corrected chi connectivity index (χ1v) is 13.9. The molecule has 0 atom stereocenters. The fraction of sp³-hybridized carbons (Fsp3) is 0.750. The Morgan fingerprint density at radius 1 is 1.24 bits per heavy atom. The van der Waals surface area contributed by atoms with Crippen LogP contribution >= 0.6 is 0 Å². The van der Waals surface area contributed by atoms with Gasteiger partial charge in [-0.25, -0.2) is 0 Å². The minimum atomic E-state index is -3.31. The van der Waals surface area contributed by atoms with Crippen molar-refractivity contribution in [3.63, 3.8) is 0 Å². The van der Waals surface area contributed by atoms with Crippen LogP contribution in [0.3, 0.4) is 0 Å². The summed E-state index contributed by atoms with van der Waals surface area (Å²) in [5.41, 5.74) is 1.10. The van der Waals surface area contributed by atoms with Gasteiger partial charge in [0, 0.05) is 0 Å². The standard InChI is InChI=1S/C16H29FGeO3/c1-5-12-20-16(19,21-13-6-2)11-10-14-8-7-9-15(14)18(3,4)17/h7,9,19H,5-6,8,10-13H2,1-4H3. The van der Waals surface area contributed by atoms with E-state index in [2.05, 4.69) is 0 Å². The van der Waals surface area contributed by atoms with Crippen LogP contribution in [0.25, 0.3) is 0 Å². The van der Waals surface area contributed by atoms with Gasteiger partial charge in [0.1, 0.15) is 0 Å². The number of aliphatic hydroxyl groups is 1. The molecule has 21 heavy (non-hydrogen) atoms. The first-order valence-electron chi connectivity index (χ1n) is 7.90. The second-order valence-electron chi connectivity index (χ2n) is 6.01. The van der Waals surface area contributed by atoms with E-state index in [0.29, 0.717) is 26.1 Å². The van der Waals surface area contributed by atoms with Crippen LogP contribution in [-0.2, 0) is 9.47 Å². The Bertz CT molecular complexity index is 377. The van der Waals surface area contributed by atoms with Crippen molar-refractivity contribution in [1.29, 1.82) is 0 Å². The summed E-state index contributed by atoms with van der Waals surface area (Å²) in [7, 11) is 0. The van der Waals surface area contributed by atoms with Crippen molar-refractivity contribution in [1.82, 2.24) is 0 Å². The summed E-state index contributed by atoms with van der Waals surface area (Å²) in [5, 5.41) is 10.5. The molecular formula is C16H29FGeO3. The number of halogens is 1. The van der Waals surface area contributed by atoms with Crippen molar-refractivity contribution in [2.24, 2.45) is 0 Å². The average molecular weight is 361 g/mol. The zero-order valence-corrected chi connectivity index (χ0v) is 15.8. The zero-order valence-electron chi connectivity index (χ0n) is 13.7. The van der Waals surface area contributed by atoms with Crippen LogP contribution in [0, 0.1) is 0 Å². The molecule has 0 fully saturated rings. The van der Waals surface area contributed by atoms with Crippen LogP contribution in [0.4, 0.5) is 3.50 Å². The maximum atomic E-state index is 14.3. The zero-order chi connectivity index (χ0) is 15.9. The van der Waals surface area contributed by atoms with E-state index in [1.807, 2.05) is 26.0 Å². The van der Waals surface area contributed by atoms with Crippen molar-refractivity contribution in [3.05, 3.63) is 22.1 Å². The van der Waals surface area contributed by atoms with Crippen molar-refractivity contribution in [3.8, 4) is 0 Å². The SMILES string of the molecule is CCCOC(O)(CCC1=[C]([Ge]([CH3])([CH3])[F])C=CC1)OCCC. The second kappa shape index (κ2) is 8.46. The molecule has 0 aromatic rings. The molecule has 0 saturated heterocycles. The molecule has 0 bridgehead atoms. The molecule has 0 aliphatic heterocycles. The van der Waals surface area contributed by atoms with Gasteiger partial charge in [-0.05, 0) is 0 Å². The van der Waals surface area contributed by atoms with E-state index in [1.54, 1.807) is 11.5 Å². The Hall–Kier alpha value is -0.167. The van der Waals surface area contributed by atoms with Crippen LogP contribution in [0.15, 0.2) is 22.1 Å². The molecule has 122 valence electrons. The normalized spacial score (nSPS) is 16.1. The van der Waals surface area contributed by atoms with Crippen LogP contribution in [0.5, 0.6) is 0 Å². The van der Waals surface area contributed by atoms with E-state index in [0.717, 1.165) is 29.2 Å². The number of ether oxygens (including phenoxy) is 2. The molecule has 1 aliphatic rings. The first kappa shape index (κ1) is 18.9. The van der Waals surface area contributed by atoms with E-state index in [-0.39, 0.29) is 0 Å². The number of hydrogen-bond donors (Lipinski definition) is 1. The predicted molar refractivity (Wildman–Crippen MR) is 86.0 cm³/mol. The van der Waals surface area contributed by atoms with Gasteiger partial charge in [0.05, 0.1) is 0 Å². The molecule has 0 saturated carbocycles. The van der Waals surface area contributed by atoms with E-state index in [1.165, 1.54) is 0 Å². The predicted octanol–water partition coefficient (Wildman–Crippen LogP) is 4.24. The van der Waals surface area contributed by atoms with E-state index in [4.69, 9.17) is 9.47 Å². The van der Waals surface area contributed by atoms with Crippen LogP contribution in [0.2, 0.25) is 11.5 Å². The number of allylic oxidation sites excluding steroid dienone is 4. The molecule has 1 rings (SSSR count). The Morgan fingerprint density at radius 3 is 2.29 bits per heavy atom. The minimum absolute atomic E-state index is 0.353. The van der Waals surface area contributed by atoms with Gasteiger partial charge in [-0.3, -0.25) is 0 Å². The third-order valence-electron chi connectivity index (χ3n) is 3.48. The van der Waals surface area contributed by atoms with Crippen molar-refractivity contribution in [2.75, 3.05) is 13.2 Å². The summed E-state index contributed by atoms with van der Waals surface area (Å²) >= 11 is -3.31. The molecule has 0 unspecified atom stereocenters.